The monoisotopic (exact) mass is 312 g/mol. The normalized spacial score (nSPS) is 20.5. The molecule has 1 aromatic rings. The van der Waals surface area contributed by atoms with Gasteiger partial charge in [0.15, 0.2) is 0 Å². The van der Waals surface area contributed by atoms with Gasteiger partial charge in [0.2, 0.25) is 0 Å². The van der Waals surface area contributed by atoms with Crippen molar-refractivity contribution in [3.05, 3.63) is 24.3 Å². The fourth-order valence-electron chi connectivity index (χ4n) is 1.89. The van der Waals surface area contributed by atoms with Crippen molar-refractivity contribution in [2.75, 3.05) is 11.8 Å². The highest BCUT2D eigenvalue weighted by Crippen LogP contribution is 2.36. The summed E-state index contributed by atoms with van der Waals surface area (Å²) < 4.78 is 39.3. The van der Waals surface area contributed by atoms with Crippen molar-refractivity contribution in [1.29, 1.82) is 0 Å². The summed E-state index contributed by atoms with van der Waals surface area (Å²) in [5, 5.41) is 0. The molecular formula is C13H21BN2O4S. The molecule has 0 saturated carbocycles. The number of hydrogen-bond acceptors (Lipinski definition) is 4. The Morgan fingerprint density at radius 1 is 1.00 bits per heavy atom. The topological polar surface area (TPSA) is 76.7 Å². The first-order chi connectivity index (χ1) is 9.56. The summed E-state index contributed by atoms with van der Waals surface area (Å²) in [6.07, 6.45) is 0. The van der Waals surface area contributed by atoms with Crippen LogP contribution in [0, 0.1) is 0 Å². The maximum absolute atomic E-state index is 11.4. The lowest BCUT2D eigenvalue weighted by Gasteiger charge is -2.32. The summed E-state index contributed by atoms with van der Waals surface area (Å²) in [4.78, 5) is 0. The van der Waals surface area contributed by atoms with Crippen molar-refractivity contribution in [3.63, 3.8) is 0 Å². The third-order valence-corrected chi connectivity index (χ3v) is 5.00. The predicted octanol–water partition coefficient (Wildman–Crippen LogP) is 0.862. The predicted molar refractivity (Wildman–Crippen MR) is 83.8 cm³/mol. The number of hydrogen-bond donors (Lipinski definition) is 2. The van der Waals surface area contributed by atoms with Crippen molar-refractivity contribution < 1.29 is 17.7 Å². The van der Waals surface area contributed by atoms with Gasteiger partial charge in [-0.05, 0) is 45.3 Å². The first-order valence-electron chi connectivity index (χ1n) is 6.73. The molecule has 1 aliphatic rings. The van der Waals surface area contributed by atoms with Crippen LogP contribution in [-0.2, 0) is 19.5 Å². The first kappa shape index (κ1) is 16.3. The lowest BCUT2D eigenvalue weighted by atomic mass is 9.79. The quantitative estimate of drug-likeness (QED) is 0.809. The van der Waals surface area contributed by atoms with Crippen LogP contribution in [-0.4, -0.2) is 33.8 Å². The van der Waals surface area contributed by atoms with Crippen LogP contribution in [0.15, 0.2) is 24.3 Å². The van der Waals surface area contributed by atoms with Gasteiger partial charge in [-0.2, -0.15) is 8.42 Å². The summed E-state index contributed by atoms with van der Waals surface area (Å²) in [5.41, 5.74) is 0.527. The molecular weight excluding hydrogens is 291 g/mol. The van der Waals surface area contributed by atoms with Crippen LogP contribution in [0.4, 0.5) is 5.69 Å². The van der Waals surface area contributed by atoms with E-state index in [2.05, 4.69) is 9.44 Å². The minimum atomic E-state index is -3.50. The minimum absolute atomic E-state index is 0.399. The molecule has 0 radical (unpaired) electrons. The van der Waals surface area contributed by atoms with Crippen LogP contribution in [0.25, 0.3) is 0 Å². The Morgan fingerprint density at radius 3 is 1.90 bits per heavy atom. The molecule has 21 heavy (non-hydrogen) atoms. The second-order valence-corrected chi connectivity index (χ2v) is 7.64. The molecule has 0 spiro atoms. The summed E-state index contributed by atoms with van der Waals surface area (Å²) in [7, 11) is -2.61. The highest BCUT2D eigenvalue weighted by atomic mass is 32.2. The molecule has 0 bridgehead atoms. The summed E-state index contributed by atoms with van der Waals surface area (Å²) in [6, 6.07) is 6.93. The fraction of sp³-hybridized carbons (Fsp3) is 0.538. The van der Waals surface area contributed by atoms with E-state index in [1.54, 1.807) is 24.3 Å². The molecule has 1 fully saturated rings. The molecule has 1 aromatic carbocycles. The van der Waals surface area contributed by atoms with Gasteiger partial charge < -0.3 is 9.31 Å². The van der Waals surface area contributed by atoms with E-state index in [4.69, 9.17) is 9.31 Å². The zero-order chi connectivity index (χ0) is 15.9. The van der Waals surface area contributed by atoms with Gasteiger partial charge in [-0.15, -0.1) is 0 Å². The van der Waals surface area contributed by atoms with Crippen molar-refractivity contribution >= 4 is 28.5 Å². The summed E-state index contributed by atoms with van der Waals surface area (Å²) in [6.45, 7) is 7.95. The second kappa shape index (κ2) is 5.28. The van der Waals surface area contributed by atoms with Gasteiger partial charge in [0, 0.05) is 12.7 Å². The first-order valence-corrected chi connectivity index (χ1v) is 8.21. The van der Waals surface area contributed by atoms with Gasteiger partial charge in [-0.1, -0.05) is 12.1 Å². The zero-order valence-electron chi connectivity index (χ0n) is 12.9. The molecule has 0 aromatic heterocycles. The molecule has 1 saturated heterocycles. The van der Waals surface area contributed by atoms with Crippen LogP contribution >= 0.6 is 0 Å². The van der Waals surface area contributed by atoms with Crippen LogP contribution in [0.1, 0.15) is 27.7 Å². The number of rotatable bonds is 4. The van der Waals surface area contributed by atoms with Crippen molar-refractivity contribution in [1.82, 2.24) is 4.72 Å². The molecule has 0 amide bonds. The van der Waals surface area contributed by atoms with E-state index >= 15 is 0 Å². The Balaban J connectivity index is 2.14. The molecule has 0 unspecified atom stereocenters. The molecule has 2 N–H and O–H groups in total. The van der Waals surface area contributed by atoms with E-state index in [1.807, 2.05) is 27.7 Å². The van der Waals surface area contributed by atoms with Gasteiger partial charge in [-0.25, -0.2) is 4.72 Å². The van der Waals surface area contributed by atoms with Crippen LogP contribution < -0.4 is 14.9 Å². The number of benzene rings is 1. The van der Waals surface area contributed by atoms with E-state index in [0.29, 0.717) is 5.69 Å². The molecule has 0 atom stereocenters. The van der Waals surface area contributed by atoms with Crippen LogP contribution in [0.2, 0.25) is 0 Å². The number of nitrogens with one attached hydrogen (secondary N) is 2. The molecule has 6 nitrogen and oxygen atoms in total. The van der Waals surface area contributed by atoms with Crippen molar-refractivity contribution in [3.8, 4) is 0 Å². The second-order valence-electron chi connectivity index (χ2n) is 6.02. The maximum Gasteiger partial charge on any atom is 0.494 e. The zero-order valence-corrected chi connectivity index (χ0v) is 13.7. The van der Waals surface area contributed by atoms with Gasteiger partial charge in [0.05, 0.1) is 11.2 Å². The molecule has 0 aliphatic carbocycles. The standard InChI is InChI=1S/C13H21BN2O4S/c1-12(2)13(3,4)20-14(19-12)10-6-8-11(9-7-10)16-21(17,18)15-5/h6-9,15-16H,1-5H3. The lowest BCUT2D eigenvalue weighted by Crippen LogP contribution is -2.41. The van der Waals surface area contributed by atoms with Gasteiger partial charge in [0.25, 0.3) is 10.2 Å². The average molecular weight is 312 g/mol. The molecule has 116 valence electrons. The molecule has 2 rings (SSSR count). The summed E-state index contributed by atoms with van der Waals surface area (Å²) >= 11 is 0. The maximum atomic E-state index is 11.4. The molecule has 1 heterocycles. The Bertz CT molecular complexity index is 598. The molecule has 8 heteroatoms. The van der Waals surface area contributed by atoms with Gasteiger partial charge in [0.1, 0.15) is 0 Å². The van der Waals surface area contributed by atoms with Crippen LogP contribution in [0.3, 0.4) is 0 Å². The van der Waals surface area contributed by atoms with E-state index in [0.717, 1.165) is 5.46 Å². The van der Waals surface area contributed by atoms with E-state index in [1.165, 1.54) is 7.05 Å². The van der Waals surface area contributed by atoms with Crippen molar-refractivity contribution in [2.24, 2.45) is 0 Å². The summed E-state index contributed by atoms with van der Waals surface area (Å²) in [5.74, 6) is 0. The lowest BCUT2D eigenvalue weighted by molar-refractivity contribution is 0.00578. The smallest absolute Gasteiger partial charge is 0.399 e. The number of anilines is 1. The van der Waals surface area contributed by atoms with Crippen LogP contribution in [0.5, 0.6) is 0 Å². The van der Waals surface area contributed by atoms with E-state index in [-0.39, 0.29) is 0 Å². The third-order valence-electron chi connectivity index (χ3n) is 3.96. The average Bonchev–Trinajstić information content (AvgIpc) is 2.59. The third kappa shape index (κ3) is 3.40. The van der Waals surface area contributed by atoms with E-state index < -0.39 is 28.5 Å². The Morgan fingerprint density at radius 2 is 1.48 bits per heavy atom. The Labute approximate surface area is 126 Å². The SMILES string of the molecule is CNS(=O)(=O)Nc1ccc(B2OC(C)(C)C(C)(C)O2)cc1. The Hall–Kier alpha value is -1.09. The fourth-order valence-corrected chi connectivity index (χ4v) is 2.44. The largest absolute Gasteiger partial charge is 0.494 e. The Kier molecular flexibility index (Phi) is 4.09. The van der Waals surface area contributed by atoms with Crippen molar-refractivity contribution in [2.45, 2.75) is 38.9 Å². The van der Waals surface area contributed by atoms with E-state index in [9.17, 15) is 8.42 Å². The minimum Gasteiger partial charge on any atom is -0.399 e. The van der Waals surface area contributed by atoms with Gasteiger partial charge >= 0.3 is 7.12 Å². The highest BCUT2D eigenvalue weighted by Gasteiger charge is 2.51. The molecule has 1 aliphatic heterocycles. The highest BCUT2D eigenvalue weighted by molar-refractivity contribution is 7.90. The van der Waals surface area contributed by atoms with Gasteiger partial charge in [-0.3, -0.25) is 4.72 Å².